The molecule has 7 nitrogen and oxygen atoms in total. The Bertz CT molecular complexity index is 1090. The van der Waals surface area contributed by atoms with E-state index < -0.39 is 24.0 Å². The van der Waals surface area contributed by atoms with Crippen molar-refractivity contribution >= 4 is 18.0 Å². The van der Waals surface area contributed by atoms with Crippen molar-refractivity contribution < 1.29 is 24.2 Å². The van der Waals surface area contributed by atoms with Crippen LogP contribution in [0.25, 0.3) is 11.1 Å². The molecule has 1 fully saturated rings. The predicted molar refractivity (Wildman–Crippen MR) is 133 cm³/mol. The summed E-state index contributed by atoms with van der Waals surface area (Å²) < 4.78 is 5.63. The first-order chi connectivity index (χ1) is 16.8. The second-order valence-electron chi connectivity index (χ2n) is 9.53. The van der Waals surface area contributed by atoms with Crippen LogP contribution in [-0.2, 0) is 14.3 Å². The number of carboxylic acid groups (broad SMARTS) is 1. The highest BCUT2D eigenvalue weighted by molar-refractivity contribution is 5.86. The van der Waals surface area contributed by atoms with E-state index in [2.05, 4.69) is 34.9 Å². The second-order valence-corrected chi connectivity index (χ2v) is 9.53. The molecule has 2 aromatic rings. The van der Waals surface area contributed by atoms with Gasteiger partial charge in [-0.25, -0.2) is 9.59 Å². The Morgan fingerprint density at radius 2 is 1.66 bits per heavy atom. The van der Waals surface area contributed by atoms with Crippen molar-refractivity contribution in [2.45, 2.75) is 57.5 Å². The van der Waals surface area contributed by atoms with E-state index in [4.69, 9.17) is 4.74 Å². The largest absolute Gasteiger partial charge is 0.480 e. The third-order valence-electron chi connectivity index (χ3n) is 6.88. The molecule has 2 aliphatic carbocycles. The van der Waals surface area contributed by atoms with Crippen LogP contribution in [0.2, 0.25) is 0 Å². The predicted octanol–water partition coefficient (Wildman–Crippen LogP) is 4.62. The normalized spacial score (nSPS) is 19.3. The number of hydrogen-bond donors (Lipinski definition) is 3. The summed E-state index contributed by atoms with van der Waals surface area (Å²) in [7, 11) is 0. The number of hydrogen-bond acceptors (Lipinski definition) is 4. The highest BCUT2D eigenvalue weighted by Crippen LogP contribution is 2.44. The Morgan fingerprint density at radius 3 is 2.26 bits per heavy atom. The lowest BCUT2D eigenvalue weighted by molar-refractivity contribution is -0.142. The summed E-state index contributed by atoms with van der Waals surface area (Å²) in [6.07, 6.45) is 3.47. The number of fused-ring (bicyclic) bond motifs is 3. The number of ether oxygens (including phenoxy) is 1. The molecule has 3 atom stereocenters. The molecule has 0 aromatic heterocycles. The van der Waals surface area contributed by atoms with Crippen LogP contribution in [0, 0.1) is 5.92 Å². The third-order valence-corrected chi connectivity index (χ3v) is 6.88. The van der Waals surface area contributed by atoms with Gasteiger partial charge in [0.25, 0.3) is 0 Å². The van der Waals surface area contributed by atoms with Gasteiger partial charge in [-0.3, -0.25) is 4.79 Å². The Balaban J connectivity index is 1.35. The zero-order chi connectivity index (χ0) is 24.9. The van der Waals surface area contributed by atoms with Gasteiger partial charge in [-0.1, -0.05) is 66.6 Å². The summed E-state index contributed by atoms with van der Waals surface area (Å²) in [6.45, 7) is 3.96. The Labute approximate surface area is 205 Å². The van der Waals surface area contributed by atoms with Gasteiger partial charge in [0.1, 0.15) is 12.6 Å². The first-order valence-corrected chi connectivity index (χ1v) is 12.1. The fourth-order valence-electron chi connectivity index (χ4n) is 5.09. The van der Waals surface area contributed by atoms with Crippen molar-refractivity contribution in [3.05, 3.63) is 71.3 Å². The molecule has 0 heterocycles. The molecule has 1 saturated carbocycles. The fourth-order valence-corrected chi connectivity index (χ4v) is 5.09. The second kappa shape index (κ2) is 10.8. The fraction of sp³-hybridized carbons (Fsp3) is 0.393. The first kappa shape index (κ1) is 24.5. The molecule has 0 saturated heterocycles. The number of amides is 2. The lowest BCUT2D eigenvalue weighted by Gasteiger charge is -2.23. The number of carboxylic acids is 1. The van der Waals surface area contributed by atoms with Gasteiger partial charge in [-0.05, 0) is 55.4 Å². The van der Waals surface area contributed by atoms with Crippen molar-refractivity contribution in [3.8, 4) is 11.1 Å². The number of carbonyl (C=O) groups is 3. The molecule has 2 aliphatic rings. The lowest BCUT2D eigenvalue weighted by Crippen LogP contribution is -2.48. The maximum Gasteiger partial charge on any atom is 0.407 e. The van der Waals surface area contributed by atoms with Crippen molar-refractivity contribution in [2.24, 2.45) is 5.92 Å². The smallest absolute Gasteiger partial charge is 0.407 e. The average Bonchev–Trinajstić information content (AvgIpc) is 3.42. The van der Waals surface area contributed by atoms with Crippen molar-refractivity contribution in [1.29, 1.82) is 0 Å². The van der Waals surface area contributed by atoms with Crippen molar-refractivity contribution in [2.75, 3.05) is 6.61 Å². The molecule has 2 amide bonds. The summed E-state index contributed by atoms with van der Waals surface area (Å²) >= 11 is 0. The van der Waals surface area contributed by atoms with E-state index in [0.717, 1.165) is 34.2 Å². The SMILES string of the molecule is CC(C)=CCC(NC(=O)C1CCCC1NC(=O)OCC1c2ccccc2-c2ccccc21)C(=O)O. The van der Waals surface area contributed by atoms with Crippen LogP contribution in [-0.4, -0.2) is 41.8 Å². The zero-order valence-corrected chi connectivity index (χ0v) is 20.1. The molecular formula is C28H32N2O5. The van der Waals surface area contributed by atoms with Gasteiger partial charge in [0, 0.05) is 12.0 Å². The van der Waals surface area contributed by atoms with E-state index in [-0.39, 0.29) is 30.9 Å². The minimum atomic E-state index is -1.07. The van der Waals surface area contributed by atoms with Gasteiger partial charge in [-0.2, -0.15) is 0 Å². The minimum absolute atomic E-state index is 0.0396. The lowest BCUT2D eigenvalue weighted by atomic mass is 9.98. The highest BCUT2D eigenvalue weighted by atomic mass is 16.5. The van der Waals surface area contributed by atoms with Crippen LogP contribution < -0.4 is 10.6 Å². The van der Waals surface area contributed by atoms with E-state index in [1.165, 1.54) is 0 Å². The van der Waals surface area contributed by atoms with Crippen LogP contribution in [0.5, 0.6) is 0 Å². The molecule has 3 N–H and O–H groups in total. The van der Waals surface area contributed by atoms with Gasteiger partial charge in [-0.15, -0.1) is 0 Å². The number of aliphatic carboxylic acids is 1. The van der Waals surface area contributed by atoms with Crippen LogP contribution in [0.1, 0.15) is 56.6 Å². The van der Waals surface area contributed by atoms with Gasteiger partial charge in [0.05, 0.1) is 5.92 Å². The topological polar surface area (TPSA) is 105 Å². The quantitative estimate of drug-likeness (QED) is 0.482. The third kappa shape index (κ3) is 5.56. The summed E-state index contributed by atoms with van der Waals surface area (Å²) in [4.78, 5) is 37.1. The summed E-state index contributed by atoms with van der Waals surface area (Å²) in [6, 6.07) is 14.9. The van der Waals surface area contributed by atoms with Crippen molar-refractivity contribution in [3.63, 3.8) is 0 Å². The molecule has 7 heteroatoms. The molecule has 0 bridgehead atoms. The van der Waals surface area contributed by atoms with Crippen LogP contribution in [0.3, 0.4) is 0 Å². The number of allylic oxidation sites excluding steroid dienone is 1. The first-order valence-electron chi connectivity index (χ1n) is 12.1. The minimum Gasteiger partial charge on any atom is -0.480 e. The number of alkyl carbamates (subject to hydrolysis) is 1. The van der Waals surface area contributed by atoms with Gasteiger partial charge >= 0.3 is 12.1 Å². The maximum atomic E-state index is 12.9. The van der Waals surface area contributed by atoms with E-state index >= 15 is 0 Å². The van der Waals surface area contributed by atoms with Crippen LogP contribution in [0.4, 0.5) is 4.79 Å². The molecule has 0 radical (unpaired) electrons. The Morgan fingerprint density at radius 1 is 1.03 bits per heavy atom. The molecular weight excluding hydrogens is 444 g/mol. The molecule has 0 aliphatic heterocycles. The number of carbonyl (C=O) groups excluding carboxylic acids is 2. The highest BCUT2D eigenvalue weighted by Gasteiger charge is 2.36. The maximum absolute atomic E-state index is 12.9. The number of nitrogens with one attached hydrogen (secondary N) is 2. The number of benzene rings is 2. The van der Waals surface area contributed by atoms with E-state index in [1.807, 2.05) is 38.1 Å². The van der Waals surface area contributed by atoms with Gasteiger partial charge < -0.3 is 20.5 Å². The molecule has 0 spiro atoms. The molecule has 4 rings (SSSR count). The molecule has 184 valence electrons. The Kier molecular flexibility index (Phi) is 7.54. The zero-order valence-electron chi connectivity index (χ0n) is 20.1. The van der Waals surface area contributed by atoms with Gasteiger partial charge in [0.2, 0.25) is 5.91 Å². The standard InChI is InChI=1S/C28H32N2O5/c1-17(2)14-15-25(27(32)33)29-26(31)22-12-7-13-24(22)30-28(34)35-16-23-20-10-5-3-8-18(20)19-9-4-6-11-21(19)23/h3-6,8-11,14,22-25H,7,12-13,15-16H2,1-2H3,(H,29,31)(H,30,34)(H,32,33). The van der Waals surface area contributed by atoms with E-state index in [1.54, 1.807) is 6.08 Å². The summed E-state index contributed by atoms with van der Waals surface area (Å²) in [5.41, 5.74) is 5.57. The van der Waals surface area contributed by atoms with Crippen LogP contribution in [0.15, 0.2) is 60.2 Å². The van der Waals surface area contributed by atoms with E-state index in [9.17, 15) is 19.5 Å². The Hall–Kier alpha value is -3.61. The molecule has 3 unspecified atom stereocenters. The molecule has 2 aromatic carbocycles. The van der Waals surface area contributed by atoms with E-state index in [0.29, 0.717) is 12.8 Å². The van der Waals surface area contributed by atoms with Crippen molar-refractivity contribution in [1.82, 2.24) is 10.6 Å². The average molecular weight is 477 g/mol. The number of rotatable bonds is 8. The van der Waals surface area contributed by atoms with Gasteiger partial charge in [0.15, 0.2) is 0 Å². The summed E-state index contributed by atoms with van der Waals surface area (Å²) in [5.74, 6) is -1.94. The monoisotopic (exact) mass is 476 g/mol. The van der Waals surface area contributed by atoms with Crippen LogP contribution >= 0.6 is 0 Å². The molecule has 35 heavy (non-hydrogen) atoms. The summed E-state index contributed by atoms with van der Waals surface area (Å²) in [5, 5.41) is 15.0.